The van der Waals surface area contributed by atoms with Crippen molar-refractivity contribution >= 4 is 11.0 Å². The Morgan fingerprint density at radius 1 is 1.25 bits per heavy atom. The van der Waals surface area contributed by atoms with Gasteiger partial charge in [0.2, 0.25) is 0 Å². The monoisotopic (exact) mass is 217 g/mol. The molecular weight excluding hydrogens is 198 g/mol. The molecule has 2 aromatic rings. The molecule has 1 aromatic heterocycles. The van der Waals surface area contributed by atoms with Crippen molar-refractivity contribution in [2.75, 3.05) is 7.05 Å². The molecule has 2 rings (SSSR count). The van der Waals surface area contributed by atoms with Gasteiger partial charge in [0.1, 0.15) is 11.3 Å². The molecule has 16 heavy (non-hydrogen) atoms. The Labute approximate surface area is 96.6 Å². The van der Waals surface area contributed by atoms with Crippen molar-refractivity contribution in [2.45, 2.75) is 32.7 Å². The van der Waals surface area contributed by atoms with Crippen molar-refractivity contribution in [3.8, 4) is 0 Å². The van der Waals surface area contributed by atoms with Gasteiger partial charge in [0.15, 0.2) is 0 Å². The lowest BCUT2D eigenvalue weighted by atomic mass is 9.86. The summed E-state index contributed by atoms with van der Waals surface area (Å²) in [5.74, 6) is 0.995. The first-order valence-electron chi connectivity index (χ1n) is 5.69. The van der Waals surface area contributed by atoms with Crippen LogP contribution in [0.2, 0.25) is 0 Å². The second kappa shape index (κ2) is 3.95. The van der Waals surface area contributed by atoms with Gasteiger partial charge in [-0.25, -0.2) is 0 Å². The van der Waals surface area contributed by atoms with Gasteiger partial charge < -0.3 is 9.73 Å². The summed E-state index contributed by atoms with van der Waals surface area (Å²) < 4.78 is 5.90. The Morgan fingerprint density at radius 2 is 2.00 bits per heavy atom. The Bertz CT molecular complexity index is 491. The van der Waals surface area contributed by atoms with Crippen LogP contribution >= 0.6 is 0 Å². The maximum absolute atomic E-state index is 5.90. The van der Waals surface area contributed by atoms with Crippen LogP contribution in [0.15, 0.2) is 28.7 Å². The van der Waals surface area contributed by atoms with Crippen molar-refractivity contribution < 1.29 is 4.42 Å². The summed E-state index contributed by atoms with van der Waals surface area (Å²) in [6.07, 6.45) is 0. The minimum atomic E-state index is 0.119. The maximum Gasteiger partial charge on any atom is 0.138 e. The van der Waals surface area contributed by atoms with E-state index in [0.29, 0.717) is 0 Å². The molecule has 0 unspecified atom stereocenters. The molecule has 0 atom stereocenters. The number of hydrogen-bond acceptors (Lipinski definition) is 2. The van der Waals surface area contributed by atoms with E-state index in [4.69, 9.17) is 4.42 Å². The summed E-state index contributed by atoms with van der Waals surface area (Å²) >= 11 is 0. The largest absolute Gasteiger partial charge is 0.459 e. The Kier molecular flexibility index (Phi) is 2.76. The lowest BCUT2D eigenvalue weighted by molar-refractivity contribution is 0.512. The SMILES string of the molecule is CNCc1cc2cccc(C(C)(C)C)c2o1. The zero-order chi connectivity index (χ0) is 11.8. The summed E-state index contributed by atoms with van der Waals surface area (Å²) in [5.41, 5.74) is 2.42. The van der Waals surface area contributed by atoms with Gasteiger partial charge in [0.25, 0.3) is 0 Å². The van der Waals surface area contributed by atoms with E-state index in [0.717, 1.165) is 17.9 Å². The number of furan rings is 1. The second-order valence-corrected chi connectivity index (χ2v) is 5.22. The van der Waals surface area contributed by atoms with E-state index in [9.17, 15) is 0 Å². The summed E-state index contributed by atoms with van der Waals surface area (Å²) in [5, 5.41) is 4.30. The van der Waals surface area contributed by atoms with Crippen LogP contribution in [0, 0.1) is 0 Å². The van der Waals surface area contributed by atoms with Crippen LogP contribution in [0.5, 0.6) is 0 Å². The molecule has 0 saturated carbocycles. The quantitative estimate of drug-likeness (QED) is 0.833. The molecule has 0 amide bonds. The van der Waals surface area contributed by atoms with Gasteiger partial charge in [-0.15, -0.1) is 0 Å². The fraction of sp³-hybridized carbons (Fsp3) is 0.429. The average molecular weight is 217 g/mol. The molecular formula is C14H19NO. The summed E-state index contributed by atoms with van der Waals surface area (Å²) in [7, 11) is 1.93. The smallest absolute Gasteiger partial charge is 0.138 e. The second-order valence-electron chi connectivity index (χ2n) is 5.22. The van der Waals surface area contributed by atoms with Gasteiger partial charge >= 0.3 is 0 Å². The number of para-hydroxylation sites is 1. The zero-order valence-electron chi connectivity index (χ0n) is 10.4. The molecule has 1 N–H and O–H groups in total. The number of benzene rings is 1. The van der Waals surface area contributed by atoms with Crippen molar-refractivity contribution in [1.82, 2.24) is 5.32 Å². The van der Waals surface area contributed by atoms with Crippen molar-refractivity contribution in [2.24, 2.45) is 0 Å². The molecule has 0 saturated heterocycles. The normalized spacial score (nSPS) is 12.2. The summed E-state index contributed by atoms with van der Waals surface area (Å²) in [4.78, 5) is 0. The van der Waals surface area contributed by atoms with Crippen LogP contribution < -0.4 is 5.32 Å². The predicted molar refractivity (Wildman–Crippen MR) is 67.7 cm³/mol. The van der Waals surface area contributed by atoms with E-state index in [1.807, 2.05) is 7.05 Å². The standard InChI is InChI=1S/C14H19NO/c1-14(2,3)12-7-5-6-10-8-11(9-15-4)16-13(10)12/h5-8,15H,9H2,1-4H3. The molecule has 0 aliphatic rings. The van der Waals surface area contributed by atoms with E-state index in [-0.39, 0.29) is 5.41 Å². The minimum Gasteiger partial charge on any atom is -0.459 e. The molecule has 0 aliphatic carbocycles. The number of hydrogen-bond donors (Lipinski definition) is 1. The van der Waals surface area contributed by atoms with Crippen molar-refractivity contribution in [3.05, 3.63) is 35.6 Å². The third-order valence-corrected chi connectivity index (χ3v) is 2.75. The van der Waals surface area contributed by atoms with E-state index in [1.165, 1.54) is 10.9 Å². The average Bonchev–Trinajstić information content (AvgIpc) is 2.58. The molecule has 0 bridgehead atoms. The number of nitrogens with one attached hydrogen (secondary N) is 1. The highest BCUT2D eigenvalue weighted by molar-refractivity contribution is 5.82. The molecule has 0 aliphatic heterocycles. The molecule has 2 nitrogen and oxygen atoms in total. The molecule has 1 heterocycles. The number of rotatable bonds is 2. The molecule has 0 spiro atoms. The zero-order valence-corrected chi connectivity index (χ0v) is 10.4. The summed E-state index contributed by atoms with van der Waals surface area (Å²) in [6, 6.07) is 8.46. The predicted octanol–water partition coefficient (Wildman–Crippen LogP) is 3.45. The van der Waals surface area contributed by atoms with E-state index in [2.05, 4.69) is 50.4 Å². The first-order chi connectivity index (χ1) is 7.52. The molecule has 2 heteroatoms. The maximum atomic E-state index is 5.90. The van der Waals surface area contributed by atoms with Crippen LogP contribution in [0.1, 0.15) is 32.1 Å². The highest BCUT2D eigenvalue weighted by Crippen LogP contribution is 2.31. The van der Waals surface area contributed by atoms with Crippen molar-refractivity contribution in [1.29, 1.82) is 0 Å². The first-order valence-corrected chi connectivity index (χ1v) is 5.69. The van der Waals surface area contributed by atoms with Gasteiger partial charge in [-0.05, 0) is 18.5 Å². The van der Waals surface area contributed by atoms with Crippen LogP contribution in [0.4, 0.5) is 0 Å². The van der Waals surface area contributed by atoms with Crippen LogP contribution in [0.25, 0.3) is 11.0 Å². The van der Waals surface area contributed by atoms with E-state index < -0.39 is 0 Å². The Balaban J connectivity index is 2.59. The number of fused-ring (bicyclic) bond motifs is 1. The van der Waals surface area contributed by atoms with Gasteiger partial charge in [-0.1, -0.05) is 39.0 Å². The Hall–Kier alpha value is -1.28. The van der Waals surface area contributed by atoms with Crippen LogP contribution in [-0.4, -0.2) is 7.05 Å². The van der Waals surface area contributed by atoms with Crippen LogP contribution in [-0.2, 0) is 12.0 Å². The third-order valence-electron chi connectivity index (χ3n) is 2.75. The lowest BCUT2D eigenvalue weighted by Gasteiger charge is -2.18. The fourth-order valence-corrected chi connectivity index (χ4v) is 1.97. The van der Waals surface area contributed by atoms with Gasteiger partial charge in [-0.3, -0.25) is 0 Å². The van der Waals surface area contributed by atoms with Crippen LogP contribution in [0.3, 0.4) is 0 Å². The molecule has 86 valence electrons. The van der Waals surface area contributed by atoms with Gasteiger partial charge in [-0.2, -0.15) is 0 Å². The topological polar surface area (TPSA) is 25.2 Å². The minimum absolute atomic E-state index is 0.119. The lowest BCUT2D eigenvalue weighted by Crippen LogP contribution is -2.11. The van der Waals surface area contributed by atoms with E-state index in [1.54, 1.807) is 0 Å². The molecule has 0 fully saturated rings. The molecule has 0 radical (unpaired) electrons. The highest BCUT2D eigenvalue weighted by Gasteiger charge is 2.19. The third kappa shape index (κ3) is 1.98. The highest BCUT2D eigenvalue weighted by atomic mass is 16.3. The summed E-state index contributed by atoms with van der Waals surface area (Å²) in [6.45, 7) is 7.41. The first kappa shape index (κ1) is 11.2. The fourth-order valence-electron chi connectivity index (χ4n) is 1.97. The van der Waals surface area contributed by atoms with Crippen molar-refractivity contribution in [3.63, 3.8) is 0 Å². The van der Waals surface area contributed by atoms with Gasteiger partial charge in [0, 0.05) is 10.9 Å². The van der Waals surface area contributed by atoms with E-state index >= 15 is 0 Å². The molecule has 1 aromatic carbocycles. The van der Waals surface area contributed by atoms with Gasteiger partial charge in [0.05, 0.1) is 6.54 Å². The Morgan fingerprint density at radius 3 is 2.62 bits per heavy atom.